The summed E-state index contributed by atoms with van der Waals surface area (Å²) in [5.74, 6) is 0.208. The van der Waals surface area contributed by atoms with Gasteiger partial charge in [-0.25, -0.2) is 4.79 Å². The first-order valence-corrected chi connectivity index (χ1v) is 6.44. The predicted octanol–water partition coefficient (Wildman–Crippen LogP) is 4.19. The van der Waals surface area contributed by atoms with Crippen molar-refractivity contribution in [1.82, 2.24) is 0 Å². The van der Waals surface area contributed by atoms with Crippen molar-refractivity contribution >= 4 is 21.9 Å². The van der Waals surface area contributed by atoms with Gasteiger partial charge in [0.15, 0.2) is 0 Å². The van der Waals surface area contributed by atoms with E-state index >= 15 is 0 Å². The summed E-state index contributed by atoms with van der Waals surface area (Å²) in [6, 6.07) is 7.60. The molecule has 0 saturated heterocycles. The molecule has 2 rings (SSSR count). The summed E-state index contributed by atoms with van der Waals surface area (Å²) in [7, 11) is 0. The molecule has 0 fully saturated rings. The first-order chi connectivity index (χ1) is 8.63. The van der Waals surface area contributed by atoms with E-state index in [2.05, 4.69) is 15.9 Å². The average Bonchev–Trinajstić information content (AvgIpc) is 2.72. The minimum atomic E-state index is -0.346. The van der Waals surface area contributed by atoms with E-state index in [1.807, 2.05) is 31.2 Å². The van der Waals surface area contributed by atoms with Gasteiger partial charge >= 0.3 is 5.97 Å². The van der Waals surface area contributed by atoms with Gasteiger partial charge in [0, 0.05) is 15.6 Å². The predicted molar refractivity (Wildman–Crippen MR) is 72.5 cm³/mol. The van der Waals surface area contributed by atoms with Crippen molar-refractivity contribution in [1.29, 1.82) is 0 Å². The number of benzene rings is 1. The Morgan fingerprint density at radius 2 is 2.00 bits per heavy atom. The molecule has 18 heavy (non-hydrogen) atoms. The van der Waals surface area contributed by atoms with E-state index in [0.29, 0.717) is 17.9 Å². The molecule has 0 unspecified atom stereocenters. The van der Waals surface area contributed by atoms with E-state index in [0.717, 1.165) is 15.6 Å². The zero-order valence-corrected chi connectivity index (χ0v) is 11.8. The summed E-state index contributed by atoms with van der Waals surface area (Å²) in [6.45, 7) is 3.97. The normalized spacial score (nSPS) is 10.4. The molecule has 0 aliphatic rings. The standard InChI is InChI=1S/C14H13BrO3/c1-3-17-14(16)12-9(2)8-18-13(12)10-4-6-11(15)7-5-10/h4-8H,3H2,1-2H3. The Labute approximate surface area is 114 Å². The molecule has 1 aromatic carbocycles. The molecular weight excluding hydrogens is 296 g/mol. The highest BCUT2D eigenvalue weighted by atomic mass is 79.9. The maximum atomic E-state index is 11.9. The second-order valence-corrected chi connectivity index (χ2v) is 4.77. The highest BCUT2D eigenvalue weighted by molar-refractivity contribution is 9.10. The van der Waals surface area contributed by atoms with Crippen LogP contribution in [0.15, 0.2) is 39.4 Å². The lowest BCUT2D eigenvalue weighted by molar-refractivity contribution is 0.0526. The Morgan fingerprint density at radius 1 is 1.33 bits per heavy atom. The van der Waals surface area contributed by atoms with Gasteiger partial charge in [-0.05, 0) is 26.0 Å². The van der Waals surface area contributed by atoms with Crippen molar-refractivity contribution in [3.63, 3.8) is 0 Å². The lowest BCUT2D eigenvalue weighted by Crippen LogP contribution is -2.06. The van der Waals surface area contributed by atoms with E-state index in [1.54, 1.807) is 13.2 Å². The summed E-state index contributed by atoms with van der Waals surface area (Å²) in [5.41, 5.74) is 2.14. The zero-order valence-electron chi connectivity index (χ0n) is 10.2. The number of hydrogen-bond donors (Lipinski definition) is 0. The second kappa shape index (κ2) is 5.40. The second-order valence-electron chi connectivity index (χ2n) is 3.85. The third-order valence-electron chi connectivity index (χ3n) is 2.56. The highest BCUT2D eigenvalue weighted by Gasteiger charge is 2.20. The molecule has 0 aliphatic carbocycles. The number of carbonyl (C=O) groups excluding carboxylic acids is 1. The molecule has 0 spiro atoms. The van der Waals surface area contributed by atoms with Crippen molar-refractivity contribution < 1.29 is 13.9 Å². The lowest BCUT2D eigenvalue weighted by atomic mass is 10.1. The average molecular weight is 309 g/mol. The number of aryl methyl sites for hydroxylation is 1. The Morgan fingerprint density at radius 3 is 2.61 bits per heavy atom. The van der Waals surface area contributed by atoms with Crippen LogP contribution in [0, 0.1) is 6.92 Å². The number of carbonyl (C=O) groups is 1. The van der Waals surface area contributed by atoms with Gasteiger partial charge in [0.05, 0.1) is 12.9 Å². The largest absolute Gasteiger partial charge is 0.463 e. The fourth-order valence-electron chi connectivity index (χ4n) is 1.71. The van der Waals surface area contributed by atoms with Gasteiger partial charge in [-0.15, -0.1) is 0 Å². The van der Waals surface area contributed by atoms with Crippen molar-refractivity contribution in [3.05, 3.63) is 46.1 Å². The van der Waals surface area contributed by atoms with E-state index in [4.69, 9.17) is 9.15 Å². The van der Waals surface area contributed by atoms with Crippen molar-refractivity contribution in [2.45, 2.75) is 13.8 Å². The van der Waals surface area contributed by atoms with Crippen LogP contribution in [0.5, 0.6) is 0 Å². The van der Waals surface area contributed by atoms with Crippen LogP contribution in [0.2, 0.25) is 0 Å². The number of esters is 1. The van der Waals surface area contributed by atoms with Crippen LogP contribution in [0.4, 0.5) is 0 Å². The topological polar surface area (TPSA) is 39.4 Å². The fourth-order valence-corrected chi connectivity index (χ4v) is 1.98. The molecule has 0 bridgehead atoms. The number of ether oxygens (including phenoxy) is 1. The molecular formula is C14H13BrO3. The Bertz CT molecular complexity index is 555. The van der Waals surface area contributed by atoms with Gasteiger partial charge in [0.1, 0.15) is 11.3 Å². The summed E-state index contributed by atoms with van der Waals surface area (Å²) in [5, 5.41) is 0. The summed E-state index contributed by atoms with van der Waals surface area (Å²) < 4.78 is 11.5. The van der Waals surface area contributed by atoms with Gasteiger partial charge < -0.3 is 9.15 Å². The molecule has 0 amide bonds. The highest BCUT2D eigenvalue weighted by Crippen LogP contribution is 2.29. The maximum absolute atomic E-state index is 11.9. The van der Waals surface area contributed by atoms with E-state index in [-0.39, 0.29) is 5.97 Å². The van der Waals surface area contributed by atoms with Crippen LogP contribution in [0.3, 0.4) is 0 Å². The number of hydrogen-bond acceptors (Lipinski definition) is 3. The first kappa shape index (κ1) is 12.9. The molecule has 1 aromatic heterocycles. The Kier molecular flexibility index (Phi) is 3.87. The van der Waals surface area contributed by atoms with Gasteiger partial charge in [-0.1, -0.05) is 28.1 Å². The van der Waals surface area contributed by atoms with E-state index in [1.165, 1.54) is 0 Å². The number of furan rings is 1. The van der Waals surface area contributed by atoms with Crippen LogP contribution in [-0.2, 0) is 4.74 Å². The molecule has 0 N–H and O–H groups in total. The molecule has 4 heteroatoms. The van der Waals surface area contributed by atoms with E-state index < -0.39 is 0 Å². The van der Waals surface area contributed by atoms with Crippen molar-refractivity contribution in [3.8, 4) is 11.3 Å². The maximum Gasteiger partial charge on any atom is 0.342 e. The molecule has 0 radical (unpaired) electrons. The SMILES string of the molecule is CCOC(=O)c1c(C)coc1-c1ccc(Br)cc1. The van der Waals surface area contributed by atoms with Crippen molar-refractivity contribution in [2.75, 3.05) is 6.61 Å². The summed E-state index contributed by atoms with van der Waals surface area (Å²) >= 11 is 3.37. The van der Waals surface area contributed by atoms with Gasteiger partial charge in [-0.2, -0.15) is 0 Å². The van der Waals surface area contributed by atoms with Crippen LogP contribution in [0.1, 0.15) is 22.8 Å². The quantitative estimate of drug-likeness (QED) is 0.798. The molecule has 0 atom stereocenters. The molecule has 1 heterocycles. The van der Waals surface area contributed by atoms with Crippen LogP contribution < -0.4 is 0 Å². The fraction of sp³-hybridized carbons (Fsp3) is 0.214. The minimum Gasteiger partial charge on any atom is -0.463 e. The van der Waals surface area contributed by atoms with Gasteiger partial charge in [-0.3, -0.25) is 0 Å². The third-order valence-corrected chi connectivity index (χ3v) is 3.09. The molecule has 0 saturated carbocycles. The molecule has 94 valence electrons. The third kappa shape index (κ3) is 2.48. The van der Waals surface area contributed by atoms with Crippen LogP contribution >= 0.6 is 15.9 Å². The Balaban J connectivity index is 2.45. The Hall–Kier alpha value is -1.55. The van der Waals surface area contributed by atoms with Crippen LogP contribution in [0.25, 0.3) is 11.3 Å². The summed E-state index contributed by atoms with van der Waals surface area (Å²) in [4.78, 5) is 11.9. The number of halogens is 1. The smallest absolute Gasteiger partial charge is 0.342 e. The summed E-state index contributed by atoms with van der Waals surface area (Å²) in [6.07, 6.45) is 1.57. The molecule has 3 nitrogen and oxygen atoms in total. The van der Waals surface area contributed by atoms with Gasteiger partial charge in [0.2, 0.25) is 0 Å². The van der Waals surface area contributed by atoms with E-state index in [9.17, 15) is 4.79 Å². The molecule has 2 aromatic rings. The lowest BCUT2D eigenvalue weighted by Gasteiger charge is -2.04. The van der Waals surface area contributed by atoms with Crippen LogP contribution in [-0.4, -0.2) is 12.6 Å². The van der Waals surface area contributed by atoms with Gasteiger partial charge in [0.25, 0.3) is 0 Å². The number of rotatable bonds is 3. The zero-order chi connectivity index (χ0) is 13.1. The monoisotopic (exact) mass is 308 g/mol. The van der Waals surface area contributed by atoms with Crippen molar-refractivity contribution in [2.24, 2.45) is 0 Å². The minimum absolute atomic E-state index is 0.346. The first-order valence-electron chi connectivity index (χ1n) is 5.64. The molecule has 0 aliphatic heterocycles.